The summed E-state index contributed by atoms with van der Waals surface area (Å²) in [4.78, 5) is 6.99. The van der Waals surface area contributed by atoms with Crippen LogP contribution >= 0.6 is 34.0 Å². The molecule has 22 aromatic carbocycles. The number of hydrogen-bond donors (Lipinski definition) is 0. The fourth-order valence-electron chi connectivity index (χ4n) is 19.0. The smallest absolute Gasteiger partial charge is 0.0462 e. The van der Waals surface area contributed by atoms with Crippen LogP contribution in [-0.4, -0.2) is 0 Å². The Kier molecular flexibility index (Phi) is 24.0. The second-order valence-corrected chi connectivity index (χ2v) is 37.9. The Morgan fingerprint density at radius 2 is 0.239 bits per heavy atom. The van der Waals surface area contributed by atoms with Gasteiger partial charge in [-0.3, -0.25) is 0 Å². The first-order valence-electron chi connectivity index (χ1n) is 46.9. The molecule has 0 fully saturated rings. The molecule has 3 aromatic heterocycles. The van der Waals surface area contributed by atoms with Gasteiger partial charge in [0.05, 0.1) is 0 Å². The normalized spacial score (nSPS) is 11.2. The maximum Gasteiger partial charge on any atom is 0.0462 e. The number of para-hydroxylation sites is 1. The summed E-state index contributed by atoms with van der Waals surface area (Å²) in [5, 5.41) is 7.97. The zero-order chi connectivity index (χ0) is 91.9. The molecule has 0 aliphatic carbocycles. The van der Waals surface area contributed by atoms with Gasteiger partial charge in [0.25, 0.3) is 0 Å². The summed E-state index contributed by atoms with van der Waals surface area (Å²) in [6, 6.07) is 199. The van der Waals surface area contributed by atoms with Crippen LogP contribution in [0.4, 0.5) is 51.2 Å². The van der Waals surface area contributed by atoms with E-state index in [0.29, 0.717) is 0 Å². The van der Waals surface area contributed by atoms with E-state index >= 15 is 0 Å². The molecule has 138 heavy (non-hydrogen) atoms. The Balaban J connectivity index is 0.000000116. The molecule has 0 unspecified atom stereocenters. The summed E-state index contributed by atoms with van der Waals surface area (Å²) in [7, 11) is 0. The molecular formula is C132H91N3S3. The Morgan fingerprint density at radius 3 is 0.486 bits per heavy atom. The lowest BCUT2D eigenvalue weighted by atomic mass is 9.98. The van der Waals surface area contributed by atoms with E-state index in [9.17, 15) is 0 Å². The van der Waals surface area contributed by atoms with E-state index in [1.807, 2.05) is 34.0 Å². The van der Waals surface area contributed by atoms with Gasteiger partial charge in [0.15, 0.2) is 0 Å². The van der Waals surface area contributed by atoms with Gasteiger partial charge in [-0.2, -0.15) is 0 Å². The number of rotatable bonds is 19. The quantitative estimate of drug-likeness (QED) is 0.0799. The molecule has 0 N–H and O–H groups in total. The molecule has 0 atom stereocenters. The average molecular weight is 1820 g/mol. The lowest BCUT2D eigenvalue weighted by molar-refractivity contribution is 1.28. The SMILES string of the molecule is c1ccc(-c2ccc(N(c3ccc(-c4ccccc4)cc3)c3ccc(-c4ccc5c(c4)sc4ccccc45)cc3)cc2)cc1.c1ccc(-c2ccc(N(c3ccc(-c4ccccc4)cc3)c3ccc(-c4cccc(-c5ccc6c(c5)sc5ccccc56)c4)cc3)cc2)cc1.c1ccc(-c2ccc(N(c3ccccc3)c3ccc(-c4ccc5c(c4)sc4cc(-c6ccccc6)ccc45)cc3)cc2)cc1. The average Bonchev–Trinajstić information content (AvgIpc) is 1.63. The largest absolute Gasteiger partial charge is 0.311 e. The summed E-state index contributed by atoms with van der Waals surface area (Å²) in [6.07, 6.45) is 0. The molecule has 0 aliphatic rings. The Bertz CT molecular complexity index is 8350. The van der Waals surface area contributed by atoms with Gasteiger partial charge >= 0.3 is 0 Å². The van der Waals surface area contributed by atoms with Gasteiger partial charge in [0, 0.05) is 112 Å². The minimum absolute atomic E-state index is 1.11. The van der Waals surface area contributed by atoms with Crippen molar-refractivity contribution in [1.82, 2.24) is 0 Å². The molecule has 25 rings (SSSR count). The molecule has 0 saturated heterocycles. The first-order chi connectivity index (χ1) is 68.4. The highest BCUT2D eigenvalue weighted by Crippen LogP contribution is 2.47. The van der Waals surface area contributed by atoms with Crippen LogP contribution in [0.3, 0.4) is 0 Å². The first-order valence-corrected chi connectivity index (χ1v) is 49.3. The minimum Gasteiger partial charge on any atom is -0.311 e. The molecule has 0 bridgehead atoms. The molecule has 3 heterocycles. The fraction of sp³-hybridized carbons (Fsp3) is 0. The highest BCUT2D eigenvalue weighted by molar-refractivity contribution is 7.26. The van der Waals surface area contributed by atoms with Crippen LogP contribution in [0, 0.1) is 0 Å². The van der Waals surface area contributed by atoms with E-state index in [4.69, 9.17) is 0 Å². The third-order valence-corrected chi connectivity index (χ3v) is 29.5. The van der Waals surface area contributed by atoms with Crippen molar-refractivity contribution in [1.29, 1.82) is 0 Å². The number of nitrogens with zero attached hydrogens (tertiary/aromatic N) is 3. The molecule has 0 spiro atoms. The van der Waals surface area contributed by atoms with Crippen LogP contribution in [0.1, 0.15) is 0 Å². The summed E-state index contributed by atoms with van der Waals surface area (Å²) < 4.78 is 7.96. The molecule has 0 radical (unpaired) electrons. The van der Waals surface area contributed by atoms with Crippen molar-refractivity contribution < 1.29 is 0 Å². The number of benzene rings is 22. The van der Waals surface area contributed by atoms with Gasteiger partial charge in [-0.05, 0) is 263 Å². The fourth-order valence-corrected chi connectivity index (χ4v) is 22.4. The molecule has 3 nitrogen and oxygen atoms in total. The number of hydrogen-bond acceptors (Lipinski definition) is 6. The maximum absolute atomic E-state index is 2.34. The predicted molar refractivity (Wildman–Crippen MR) is 596 cm³/mol. The van der Waals surface area contributed by atoms with Crippen molar-refractivity contribution in [2.45, 2.75) is 0 Å². The Hall–Kier alpha value is -17.1. The van der Waals surface area contributed by atoms with Gasteiger partial charge < -0.3 is 14.7 Å². The molecule has 25 aromatic rings. The van der Waals surface area contributed by atoms with Crippen LogP contribution in [-0.2, 0) is 0 Å². The van der Waals surface area contributed by atoms with Crippen molar-refractivity contribution in [3.05, 3.63) is 552 Å². The van der Waals surface area contributed by atoms with Gasteiger partial charge in [-0.1, -0.05) is 400 Å². The van der Waals surface area contributed by atoms with Crippen LogP contribution in [0.2, 0.25) is 0 Å². The topological polar surface area (TPSA) is 9.72 Å². The van der Waals surface area contributed by atoms with Crippen molar-refractivity contribution in [2.75, 3.05) is 14.7 Å². The van der Waals surface area contributed by atoms with E-state index in [2.05, 4.69) is 567 Å². The van der Waals surface area contributed by atoms with Gasteiger partial charge in [0.2, 0.25) is 0 Å². The highest BCUT2D eigenvalue weighted by atomic mass is 32.1. The van der Waals surface area contributed by atoms with Crippen molar-refractivity contribution >= 4 is 146 Å². The third kappa shape index (κ3) is 18.0. The van der Waals surface area contributed by atoms with Crippen LogP contribution in [0.5, 0.6) is 0 Å². The van der Waals surface area contributed by atoms with E-state index in [0.717, 1.165) is 51.2 Å². The van der Waals surface area contributed by atoms with Gasteiger partial charge in [-0.25, -0.2) is 0 Å². The Morgan fingerprint density at radius 1 is 0.0942 bits per heavy atom. The van der Waals surface area contributed by atoms with Crippen molar-refractivity contribution in [3.8, 4) is 111 Å². The third-order valence-electron chi connectivity index (χ3n) is 26.1. The van der Waals surface area contributed by atoms with Gasteiger partial charge in [0.1, 0.15) is 0 Å². The van der Waals surface area contributed by atoms with E-state index in [1.54, 1.807) is 0 Å². The molecule has 652 valence electrons. The number of anilines is 9. The van der Waals surface area contributed by atoms with Crippen molar-refractivity contribution in [3.63, 3.8) is 0 Å². The molecule has 0 saturated carbocycles. The van der Waals surface area contributed by atoms with E-state index in [-0.39, 0.29) is 0 Å². The zero-order valence-electron chi connectivity index (χ0n) is 75.6. The highest BCUT2D eigenvalue weighted by Gasteiger charge is 2.21. The minimum atomic E-state index is 1.11. The van der Waals surface area contributed by atoms with Crippen LogP contribution in [0.15, 0.2) is 552 Å². The lowest BCUT2D eigenvalue weighted by Crippen LogP contribution is -2.09. The second-order valence-electron chi connectivity index (χ2n) is 34.6. The standard InChI is InChI=1S/C48H33NS.2C42H29NS/c1-3-10-34(11-4-1)36-18-25-42(26-19-36)49(43-27-20-37(21-28-43)35-12-5-2-6-13-35)44-29-22-38(23-30-44)39-14-9-15-40(32-39)41-24-31-46-45-16-7-8-17-47(45)50-48(46)33-41;1-4-10-30(11-5-1)32-16-22-37(23-17-32)43(36-14-8-3-9-15-36)38-24-18-33(19-25-38)35-21-27-40-39-26-20-34(31-12-6-2-7-13-31)28-41(39)44-42(40)29-35;1-3-9-30(10-4-1)32-15-22-36(23-16-32)43(37-24-17-33(18-25-37)31-11-5-2-6-12-31)38-26-19-34(20-27-38)35-21-28-40-39-13-7-8-14-41(39)44-42(40)29-35/h1-33H;2*1-29H. The van der Waals surface area contributed by atoms with Gasteiger partial charge in [-0.15, -0.1) is 34.0 Å². The number of thiophene rings is 3. The maximum atomic E-state index is 2.34. The summed E-state index contributed by atoms with van der Waals surface area (Å²) in [5.41, 5.74) is 34.5. The number of fused-ring (bicyclic) bond motifs is 9. The Labute approximate surface area is 817 Å². The predicted octanol–water partition coefficient (Wildman–Crippen LogP) is 39.2. The van der Waals surface area contributed by atoms with Crippen molar-refractivity contribution in [2.24, 2.45) is 0 Å². The lowest BCUT2D eigenvalue weighted by Gasteiger charge is -2.26. The van der Waals surface area contributed by atoms with E-state index in [1.165, 1.54) is 172 Å². The molecule has 0 aliphatic heterocycles. The zero-order valence-corrected chi connectivity index (χ0v) is 78.1. The summed E-state index contributed by atoms with van der Waals surface area (Å²) in [5.74, 6) is 0. The monoisotopic (exact) mass is 1810 g/mol. The van der Waals surface area contributed by atoms with E-state index < -0.39 is 0 Å². The van der Waals surface area contributed by atoms with Crippen LogP contribution in [0.25, 0.3) is 172 Å². The summed E-state index contributed by atoms with van der Waals surface area (Å²) in [6.45, 7) is 0. The molecular weight excluding hydrogens is 1720 g/mol. The summed E-state index contributed by atoms with van der Waals surface area (Å²) >= 11 is 5.60. The molecule has 6 heteroatoms. The second kappa shape index (κ2) is 38.8. The van der Waals surface area contributed by atoms with Crippen LogP contribution < -0.4 is 14.7 Å². The first kappa shape index (κ1) is 85.1. The molecule has 0 amide bonds.